The Kier molecular flexibility index (Phi) is 4.35. The van der Waals surface area contributed by atoms with Crippen LogP contribution >= 0.6 is 0 Å². The van der Waals surface area contributed by atoms with Crippen LogP contribution in [-0.2, 0) is 14.4 Å². The number of ether oxygens (including phenoxy) is 1. The predicted molar refractivity (Wildman–Crippen MR) is 68.7 cm³/mol. The number of hydrogen-bond acceptors (Lipinski definition) is 4. The maximum atomic E-state index is 11.8. The minimum absolute atomic E-state index is 0.00406. The number of anilines is 1. The minimum Gasteiger partial charge on any atom is -0.482 e. The van der Waals surface area contributed by atoms with Gasteiger partial charge in [-0.3, -0.25) is 14.4 Å². The van der Waals surface area contributed by atoms with E-state index >= 15 is 0 Å². The lowest BCUT2D eigenvalue weighted by atomic mass is 10.2. The SMILES string of the molecule is CCONC(=O)CCN1C(=O)COc2ccccc21. The first kappa shape index (κ1) is 13.4. The van der Waals surface area contributed by atoms with Gasteiger partial charge in [-0.25, -0.2) is 5.48 Å². The summed E-state index contributed by atoms with van der Waals surface area (Å²) in [7, 11) is 0. The van der Waals surface area contributed by atoms with Crippen LogP contribution in [0.2, 0.25) is 0 Å². The summed E-state index contributed by atoms with van der Waals surface area (Å²) in [4.78, 5) is 29.6. The molecule has 0 aliphatic carbocycles. The molecule has 2 rings (SSSR count). The van der Waals surface area contributed by atoms with Crippen molar-refractivity contribution in [3.05, 3.63) is 24.3 Å². The largest absolute Gasteiger partial charge is 0.482 e. The molecule has 1 N–H and O–H groups in total. The molecular weight excluding hydrogens is 248 g/mol. The summed E-state index contributed by atoms with van der Waals surface area (Å²) in [6.45, 7) is 2.50. The molecule has 0 spiro atoms. The smallest absolute Gasteiger partial charge is 0.265 e. The van der Waals surface area contributed by atoms with Gasteiger partial charge in [-0.1, -0.05) is 12.1 Å². The quantitative estimate of drug-likeness (QED) is 0.801. The second-order valence-corrected chi connectivity index (χ2v) is 4.01. The number of para-hydroxylation sites is 2. The molecule has 102 valence electrons. The maximum absolute atomic E-state index is 11.8. The number of carbonyl (C=O) groups is 2. The molecule has 2 amide bonds. The van der Waals surface area contributed by atoms with E-state index in [-0.39, 0.29) is 24.8 Å². The fraction of sp³-hybridized carbons (Fsp3) is 0.385. The van der Waals surface area contributed by atoms with Gasteiger partial charge in [0.05, 0.1) is 12.3 Å². The lowest BCUT2D eigenvalue weighted by molar-refractivity contribution is -0.133. The van der Waals surface area contributed by atoms with E-state index in [1.165, 1.54) is 0 Å². The summed E-state index contributed by atoms with van der Waals surface area (Å²) in [5, 5.41) is 0. The van der Waals surface area contributed by atoms with Crippen LogP contribution in [0.4, 0.5) is 5.69 Å². The van der Waals surface area contributed by atoms with Crippen LogP contribution in [0.5, 0.6) is 5.75 Å². The molecule has 6 heteroatoms. The van der Waals surface area contributed by atoms with Gasteiger partial charge in [0.2, 0.25) is 5.91 Å². The van der Waals surface area contributed by atoms with Gasteiger partial charge in [0.1, 0.15) is 5.75 Å². The first-order valence-electron chi connectivity index (χ1n) is 6.15. The summed E-state index contributed by atoms with van der Waals surface area (Å²) in [5.41, 5.74) is 3.00. The number of fused-ring (bicyclic) bond motifs is 1. The lowest BCUT2D eigenvalue weighted by Crippen LogP contribution is -2.41. The van der Waals surface area contributed by atoms with Gasteiger partial charge in [-0.05, 0) is 19.1 Å². The standard InChI is InChI=1S/C13H16N2O4/c1-2-19-14-12(16)7-8-15-10-5-3-4-6-11(10)18-9-13(15)17/h3-6H,2,7-9H2,1H3,(H,14,16). The fourth-order valence-corrected chi connectivity index (χ4v) is 1.82. The van der Waals surface area contributed by atoms with Crippen LogP contribution in [0.25, 0.3) is 0 Å². The van der Waals surface area contributed by atoms with Crippen molar-refractivity contribution in [3.8, 4) is 5.75 Å². The molecule has 0 bridgehead atoms. The van der Waals surface area contributed by atoms with Crippen LogP contribution in [0, 0.1) is 0 Å². The number of hydrogen-bond donors (Lipinski definition) is 1. The topological polar surface area (TPSA) is 67.9 Å². The number of carbonyl (C=O) groups excluding carboxylic acids is 2. The Bertz CT molecular complexity index is 475. The summed E-state index contributed by atoms with van der Waals surface area (Å²) in [5.74, 6) is 0.258. The third kappa shape index (κ3) is 3.23. The van der Waals surface area contributed by atoms with Crippen LogP contribution in [0.15, 0.2) is 24.3 Å². The Balaban J connectivity index is 1.99. The van der Waals surface area contributed by atoms with Gasteiger partial charge < -0.3 is 9.64 Å². The first-order valence-corrected chi connectivity index (χ1v) is 6.15. The van der Waals surface area contributed by atoms with E-state index in [2.05, 4.69) is 5.48 Å². The normalized spacial score (nSPS) is 13.7. The Morgan fingerprint density at radius 2 is 2.26 bits per heavy atom. The molecule has 1 aromatic rings. The Labute approximate surface area is 111 Å². The zero-order valence-electron chi connectivity index (χ0n) is 10.7. The second kappa shape index (κ2) is 6.19. The highest BCUT2D eigenvalue weighted by molar-refractivity contribution is 5.98. The van der Waals surface area contributed by atoms with Gasteiger partial charge in [-0.15, -0.1) is 0 Å². The van der Waals surface area contributed by atoms with Crippen LogP contribution in [0.3, 0.4) is 0 Å². The molecule has 0 saturated heterocycles. The van der Waals surface area contributed by atoms with Crippen LogP contribution < -0.4 is 15.1 Å². The number of nitrogens with zero attached hydrogens (tertiary/aromatic N) is 1. The van der Waals surface area contributed by atoms with Crippen molar-refractivity contribution in [2.75, 3.05) is 24.7 Å². The number of amides is 2. The molecule has 0 radical (unpaired) electrons. The highest BCUT2D eigenvalue weighted by Gasteiger charge is 2.25. The summed E-state index contributed by atoms with van der Waals surface area (Å²) in [6.07, 6.45) is 0.181. The Hall–Kier alpha value is -2.08. The zero-order chi connectivity index (χ0) is 13.7. The molecular formula is C13H16N2O4. The highest BCUT2D eigenvalue weighted by atomic mass is 16.6. The van der Waals surface area contributed by atoms with Crippen molar-refractivity contribution in [2.24, 2.45) is 0 Å². The predicted octanol–water partition coefficient (Wildman–Crippen LogP) is 0.870. The molecule has 0 atom stereocenters. The van der Waals surface area contributed by atoms with Gasteiger partial charge in [-0.2, -0.15) is 0 Å². The summed E-state index contributed by atoms with van der Waals surface area (Å²) in [6, 6.07) is 7.27. The van der Waals surface area contributed by atoms with Gasteiger partial charge >= 0.3 is 0 Å². The molecule has 1 aliphatic rings. The monoisotopic (exact) mass is 264 g/mol. The van der Waals surface area contributed by atoms with Gasteiger partial charge in [0, 0.05) is 13.0 Å². The van der Waals surface area contributed by atoms with Crippen molar-refractivity contribution in [2.45, 2.75) is 13.3 Å². The van der Waals surface area contributed by atoms with Crippen molar-refractivity contribution < 1.29 is 19.2 Å². The Morgan fingerprint density at radius 1 is 1.47 bits per heavy atom. The molecule has 6 nitrogen and oxygen atoms in total. The van der Waals surface area contributed by atoms with E-state index in [0.29, 0.717) is 24.6 Å². The van der Waals surface area contributed by atoms with Gasteiger partial charge in [0.15, 0.2) is 6.61 Å². The second-order valence-electron chi connectivity index (χ2n) is 4.01. The van der Waals surface area contributed by atoms with Crippen LogP contribution in [0.1, 0.15) is 13.3 Å². The maximum Gasteiger partial charge on any atom is 0.265 e. The molecule has 1 heterocycles. The number of rotatable bonds is 5. The lowest BCUT2D eigenvalue weighted by Gasteiger charge is -2.29. The van der Waals surface area contributed by atoms with Crippen LogP contribution in [-0.4, -0.2) is 31.6 Å². The fourth-order valence-electron chi connectivity index (χ4n) is 1.82. The van der Waals surface area contributed by atoms with Crippen molar-refractivity contribution in [3.63, 3.8) is 0 Å². The molecule has 0 unspecified atom stereocenters. The van der Waals surface area contributed by atoms with Crippen molar-refractivity contribution in [1.82, 2.24) is 5.48 Å². The third-order valence-electron chi connectivity index (χ3n) is 2.70. The molecule has 0 saturated carbocycles. The van der Waals surface area contributed by atoms with E-state index in [1.54, 1.807) is 24.0 Å². The third-order valence-corrected chi connectivity index (χ3v) is 2.70. The Morgan fingerprint density at radius 3 is 3.05 bits per heavy atom. The van der Waals surface area contributed by atoms with Crippen molar-refractivity contribution in [1.29, 1.82) is 0 Å². The minimum atomic E-state index is -0.251. The number of nitrogens with one attached hydrogen (secondary N) is 1. The molecule has 1 aromatic carbocycles. The molecule has 0 fully saturated rings. The number of hydroxylamine groups is 1. The summed E-state index contributed by atoms with van der Waals surface area (Å²) >= 11 is 0. The average Bonchev–Trinajstić information content (AvgIpc) is 2.44. The average molecular weight is 264 g/mol. The van der Waals surface area contributed by atoms with Gasteiger partial charge in [0.25, 0.3) is 5.91 Å². The molecule has 1 aliphatic heterocycles. The van der Waals surface area contributed by atoms with E-state index in [4.69, 9.17) is 9.57 Å². The van der Waals surface area contributed by atoms with E-state index in [1.807, 2.05) is 12.1 Å². The number of benzene rings is 1. The van der Waals surface area contributed by atoms with E-state index < -0.39 is 0 Å². The van der Waals surface area contributed by atoms with E-state index in [0.717, 1.165) is 0 Å². The van der Waals surface area contributed by atoms with E-state index in [9.17, 15) is 9.59 Å². The zero-order valence-corrected chi connectivity index (χ0v) is 10.7. The highest BCUT2D eigenvalue weighted by Crippen LogP contribution is 2.31. The first-order chi connectivity index (χ1) is 9.22. The molecule has 0 aromatic heterocycles. The summed E-state index contributed by atoms with van der Waals surface area (Å²) < 4.78 is 5.32. The van der Waals surface area contributed by atoms with Crippen molar-refractivity contribution >= 4 is 17.5 Å². The molecule has 19 heavy (non-hydrogen) atoms.